The van der Waals surface area contributed by atoms with E-state index in [0.717, 1.165) is 6.26 Å². The van der Waals surface area contributed by atoms with E-state index in [-0.39, 0.29) is 17.5 Å². The molecule has 2 aromatic heterocycles. The largest absolute Gasteiger partial charge is 0.338 e. The van der Waals surface area contributed by atoms with Gasteiger partial charge in [-0.15, -0.1) is 0 Å². The molecule has 8 nitrogen and oxygen atoms in total. The van der Waals surface area contributed by atoms with Gasteiger partial charge in [0.15, 0.2) is 15.7 Å². The number of nitrogens with one attached hydrogen (secondary N) is 1. The molecule has 2 heterocycles. The molecule has 0 radical (unpaired) electrons. The quantitative estimate of drug-likeness (QED) is 0.747. The highest BCUT2D eigenvalue weighted by molar-refractivity contribution is 7.89. The van der Waals surface area contributed by atoms with Crippen LogP contribution in [0.1, 0.15) is 5.89 Å². The molecule has 80 valence electrons. The van der Waals surface area contributed by atoms with Crippen molar-refractivity contribution < 1.29 is 12.9 Å². The van der Waals surface area contributed by atoms with Crippen LogP contribution in [0.3, 0.4) is 0 Å². The maximum absolute atomic E-state index is 10.9. The van der Waals surface area contributed by atoms with E-state index in [1.54, 1.807) is 0 Å². The van der Waals surface area contributed by atoms with E-state index in [0.29, 0.717) is 5.82 Å². The van der Waals surface area contributed by atoms with Crippen molar-refractivity contribution in [1.82, 2.24) is 25.3 Å². The van der Waals surface area contributed by atoms with Gasteiger partial charge in [-0.25, -0.2) is 13.4 Å². The number of hydrogen-bond acceptors (Lipinski definition) is 7. The Bertz CT molecular complexity index is 543. The van der Waals surface area contributed by atoms with Crippen LogP contribution < -0.4 is 0 Å². The number of H-pyrrole nitrogens is 1. The van der Waals surface area contributed by atoms with Gasteiger partial charge in [0, 0.05) is 6.26 Å². The number of aromatic nitrogens is 5. The monoisotopic (exact) mass is 229 g/mol. The van der Waals surface area contributed by atoms with Gasteiger partial charge in [-0.3, -0.25) is 5.10 Å². The summed E-state index contributed by atoms with van der Waals surface area (Å²) in [6.45, 7) is 0. The lowest BCUT2D eigenvalue weighted by atomic mass is 10.6. The third-order valence-corrected chi connectivity index (χ3v) is 2.25. The second-order valence-corrected chi connectivity index (χ2v) is 5.06. The van der Waals surface area contributed by atoms with E-state index in [1.165, 1.54) is 6.33 Å². The molecule has 0 saturated heterocycles. The van der Waals surface area contributed by atoms with Gasteiger partial charge in [0.05, 0.1) is 0 Å². The summed E-state index contributed by atoms with van der Waals surface area (Å²) in [7, 11) is -3.18. The molecule has 9 heteroatoms. The number of hydrogen-bond donors (Lipinski definition) is 1. The van der Waals surface area contributed by atoms with Gasteiger partial charge >= 0.3 is 0 Å². The van der Waals surface area contributed by atoms with Crippen LogP contribution in [0, 0.1) is 0 Å². The van der Waals surface area contributed by atoms with Crippen LogP contribution in [0.5, 0.6) is 0 Å². The van der Waals surface area contributed by atoms with Gasteiger partial charge in [-0.2, -0.15) is 10.1 Å². The Morgan fingerprint density at radius 2 is 2.33 bits per heavy atom. The molecule has 1 N–H and O–H groups in total. The molecule has 2 aromatic rings. The van der Waals surface area contributed by atoms with E-state index < -0.39 is 9.84 Å². The molecule has 0 aliphatic heterocycles. The maximum Gasteiger partial charge on any atom is 0.242 e. The SMILES string of the molecule is CS(=O)(=O)Cc1nc(-c2ncn[nH]2)no1. The molecule has 0 bridgehead atoms. The Hall–Kier alpha value is -1.77. The van der Waals surface area contributed by atoms with E-state index in [9.17, 15) is 8.42 Å². The first-order valence-corrected chi connectivity index (χ1v) is 5.97. The van der Waals surface area contributed by atoms with Crippen LogP contribution in [-0.2, 0) is 15.6 Å². The van der Waals surface area contributed by atoms with Crippen molar-refractivity contribution in [2.75, 3.05) is 6.26 Å². The first-order chi connectivity index (χ1) is 7.04. The zero-order valence-corrected chi connectivity index (χ0v) is 8.52. The van der Waals surface area contributed by atoms with E-state index in [4.69, 9.17) is 4.52 Å². The molecule has 0 aliphatic rings. The second-order valence-electron chi connectivity index (χ2n) is 2.92. The summed E-state index contributed by atoms with van der Waals surface area (Å²) < 4.78 is 26.6. The van der Waals surface area contributed by atoms with Gasteiger partial charge in [-0.1, -0.05) is 5.16 Å². The summed E-state index contributed by atoms with van der Waals surface area (Å²) in [5, 5.41) is 9.70. The summed E-state index contributed by atoms with van der Waals surface area (Å²) in [5.74, 6) is 0.266. The fourth-order valence-electron chi connectivity index (χ4n) is 0.947. The molecule has 0 amide bonds. The molecule has 0 atom stereocenters. The lowest BCUT2D eigenvalue weighted by Crippen LogP contribution is -2.00. The molecule has 0 aliphatic carbocycles. The first kappa shape index (κ1) is 9.77. The number of rotatable bonds is 3. The zero-order valence-electron chi connectivity index (χ0n) is 7.71. The third-order valence-electron chi connectivity index (χ3n) is 1.48. The summed E-state index contributed by atoms with van der Waals surface area (Å²) >= 11 is 0. The molecule has 0 saturated carbocycles. The van der Waals surface area contributed by atoms with Crippen molar-refractivity contribution >= 4 is 9.84 Å². The predicted molar refractivity (Wildman–Crippen MR) is 48.2 cm³/mol. The molecule has 0 spiro atoms. The average molecular weight is 229 g/mol. The van der Waals surface area contributed by atoms with Crippen molar-refractivity contribution in [3.8, 4) is 11.6 Å². The molecule has 2 rings (SSSR count). The Balaban J connectivity index is 2.25. The third kappa shape index (κ3) is 2.37. The van der Waals surface area contributed by atoms with Crippen molar-refractivity contribution in [1.29, 1.82) is 0 Å². The van der Waals surface area contributed by atoms with Crippen molar-refractivity contribution in [2.45, 2.75) is 5.75 Å². The fraction of sp³-hybridized carbons (Fsp3) is 0.333. The lowest BCUT2D eigenvalue weighted by Gasteiger charge is -1.88. The number of nitrogens with zero attached hydrogens (tertiary/aromatic N) is 4. The van der Waals surface area contributed by atoms with E-state index >= 15 is 0 Å². The lowest BCUT2D eigenvalue weighted by molar-refractivity contribution is 0.389. The molecular formula is C6H7N5O3S. The normalized spacial score (nSPS) is 11.8. The summed E-state index contributed by atoms with van der Waals surface area (Å²) in [5.41, 5.74) is 0. The molecule has 0 unspecified atom stereocenters. The van der Waals surface area contributed by atoms with Crippen molar-refractivity contribution in [2.24, 2.45) is 0 Å². The predicted octanol–water partition coefficient (Wildman–Crippen LogP) is -0.601. The van der Waals surface area contributed by atoms with Crippen LogP contribution in [0.2, 0.25) is 0 Å². The Morgan fingerprint density at radius 3 is 2.93 bits per heavy atom. The first-order valence-electron chi connectivity index (χ1n) is 3.90. The van der Waals surface area contributed by atoms with Crippen LogP contribution >= 0.6 is 0 Å². The minimum Gasteiger partial charge on any atom is -0.338 e. The van der Waals surface area contributed by atoms with Gasteiger partial charge in [0.2, 0.25) is 11.7 Å². The van der Waals surface area contributed by atoms with Crippen molar-refractivity contribution in [3.63, 3.8) is 0 Å². The average Bonchev–Trinajstić information content (AvgIpc) is 2.68. The molecule has 15 heavy (non-hydrogen) atoms. The van der Waals surface area contributed by atoms with Crippen LogP contribution in [0.15, 0.2) is 10.9 Å². The van der Waals surface area contributed by atoms with Crippen LogP contribution in [0.4, 0.5) is 0 Å². The molecule has 0 fully saturated rings. The fourth-order valence-corrected chi connectivity index (χ4v) is 1.51. The van der Waals surface area contributed by atoms with Gasteiger partial charge in [0.1, 0.15) is 12.1 Å². The zero-order chi connectivity index (χ0) is 10.9. The van der Waals surface area contributed by atoms with Gasteiger partial charge < -0.3 is 4.52 Å². The highest BCUT2D eigenvalue weighted by atomic mass is 32.2. The summed E-state index contributed by atoms with van der Waals surface area (Å²) in [6, 6.07) is 0. The van der Waals surface area contributed by atoms with E-state index in [1.807, 2.05) is 0 Å². The Kier molecular flexibility index (Phi) is 2.23. The summed E-state index contributed by atoms with van der Waals surface area (Å²) in [6.07, 6.45) is 2.38. The Labute approximate surface area is 84.6 Å². The minimum absolute atomic E-state index is 0.0314. The highest BCUT2D eigenvalue weighted by Gasteiger charge is 2.14. The second kappa shape index (κ2) is 3.42. The van der Waals surface area contributed by atoms with Crippen molar-refractivity contribution in [3.05, 3.63) is 12.2 Å². The highest BCUT2D eigenvalue weighted by Crippen LogP contribution is 2.10. The maximum atomic E-state index is 10.9. The summed E-state index contributed by atoms with van der Waals surface area (Å²) in [4.78, 5) is 7.64. The molecular weight excluding hydrogens is 222 g/mol. The van der Waals surface area contributed by atoms with Gasteiger partial charge in [-0.05, 0) is 0 Å². The molecule has 0 aromatic carbocycles. The number of aromatic amines is 1. The standard InChI is InChI=1S/C6H7N5O3S/c1-15(12,13)2-4-9-6(11-14-4)5-7-3-8-10-5/h3H,2H2,1H3,(H,7,8,10). The Morgan fingerprint density at radius 1 is 1.53 bits per heavy atom. The van der Waals surface area contributed by atoms with Gasteiger partial charge in [0.25, 0.3) is 0 Å². The minimum atomic E-state index is -3.18. The van der Waals surface area contributed by atoms with Crippen LogP contribution in [0.25, 0.3) is 11.6 Å². The number of sulfone groups is 1. The smallest absolute Gasteiger partial charge is 0.242 e. The van der Waals surface area contributed by atoms with E-state index in [2.05, 4.69) is 25.3 Å². The topological polar surface area (TPSA) is 115 Å². The van der Waals surface area contributed by atoms with Crippen LogP contribution in [-0.4, -0.2) is 40.0 Å².